The van der Waals surface area contributed by atoms with Gasteiger partial charge in [-0.25, -0.2) is 0 Å². The van der Waals surface area contributed by atoms with Gasteiger partial charge in [-0.3, -0.25) is 4.79 Å². The lowest BCUT2D eigenvalue weighted by atomic mass is 10.0. The van der Waals surface area contributed by atoms with Gasteiger partial charge in [-0.1, -0.05) is 31.2 Å². The summed E-state index contributed by atoms with van der Waals surface area (Å²) in [6.45, 7) is 10.5. The van der Waals surface area contributed by atoms with E-state index in [4.69, 9.17) is 4.74 Å². The smallest absolute Gasteiger partial charge is 0.258 e. The number of benzene rings is 3. The van der Waals surface area contributed by atoms with Crippen molar-refractivity contribution in [3.8, 4) is 16.9 Å². The molecule has 1 amide bonds. The highest BCUT2D eigenvalue weighted by Gasteiger charge is 2.25. The van der Waals surface area contributed by atoms with Crippen LogP contribution in [0.3, 0.4) is 0 Å². The second-order valence-electron chi connectivity index (χ2n) is 9.58. The summed E-state index contributed by atoms with van der Waals surface area (Å²) in [5, 5.41) is 10.3. The summed E-state index contributed by atoms with van der Waals surface area (Å²) in [5.74, 6) is 0.735. The zero-order chi connectivity index (χ0) is 26.0. The third kappa shape index (κ3) is 6.83. The van der Waals surface area contributed by atoms with Crippen molar-refractivity contribution in [1.82, 2.24) is 5.32 Å². The van der Waals surface area contributed by atoms with Crippen molar-refractivity contribution in [3.63, 3.8) is 0 Å². The molecule has 4 rings (SSSR count). The van der Waals surface area contributed by atoms with E-state index in [9.17, 15) is 4.79 Å². The average molecular weight is 501 g/mol. The number of amides is 1. The lowest BCUT2D eigenvalue weighted by Gasteiger charge is -2.23. The summed E-state index contributed by atoms with van der Waals surface area (Å²) in [4.78, 5) is 15.7. The minimum absolute atomic E-state index is 0.00754. The van der Waals surface area contributed by atoms with E-state index in [1.807, 2.05) is 47.4 Å². The van der Waals surface area contributed by atoms with Crippen molar-refractivity contribution in [1.29, 1.82) is 0 Å². The largest absolute Gasteiger partial charge is 0.493 e. The molecule has 1 aliphatic heterocycles. The standard InChI is InChI=1S/C31H40N4O2/c1-4-18-32-19-8-21-37-30-22-25(13-16-27(30)24-11-14-26(15-12-24)33-5-2)31(36)35-20-17-23(3)34-28-9-6-7-10-29(28)35/h6-7,9-16,22-23,32-34H,4-5,8,17-21H2,1-3H3/t23-/m0/s1. The zero-order valence-corrected chi connectivity index (χ0v) is 22.3. The highest BCUT2D eigenvalue weighted by molar-refractivity contribution is 6.08. The number of rotatable bonds is 11. The van der Waals surface area contributed by atoms with Crippen LogP contribution in [-0.4, -0.2) is 44.7 Å². The predicted molar refractivity (Wildman–Crippen MR) is 155 cm³/mol. The number of nitrogens with one attached hydrogen (secondary N) is 3. The number of carbonyl (C=O) groups excluding carboxylic acids is 1. The Kier molecular flexibility index (Phi) is 9.44. The van der Waals surface area contributed by atoms with Gasteiger partial charge in [0, 0.05) is 35.9 Å². The normalized spacial score (nSPS) is 14.9. The van der Waals surface area contributed by atoms with E-state index in [-0.39, 0.29) is 5.91 Å². The molecule has 0 unspecified atom stereocenters. The van der Waals surface area contributed by atoms with E-state index >= 15 is 0 Å². The SMILES string of the molecule is CCCNCCCOc1cc(C(=O)N2CC[C@H](C)Nc3ccccc32)ccc1-c1ccc(NCC)cc1. The molecule has 1 atom stereocenters. The van der Waals surface area contributed by atoms with Crippen LogP contribution >= 0.6 is 0 Å². The first kappa shape index (κ1) is 26.6. The van der Waals surface area contributed by atoms with Crippen molar-refractivity contribution >= 4 is 23.0 Å². The molecule has 3 aromatic rings. The molecule has 0 saturated heterocycles. The van der Waals surface area contributed by atoms with E-state index < -0.39 is 0 Å². The first-order chi connectivity index (χ1) is 18.1. The molecule has 0 aromatic heterocycles. The van der Waals surface area contributed by atoms with Crippen molar-refractivity contribution < 1.29 is 9.53 Å². The Balaban J connectivity index is 1.61. The summed E-state index contributed by atoms with van der Waals surface area (Å²) in [6, 6.07) is 22.6. The average Bonchev–Trinajstić information content (AvgIpc) is 3.09. The van der Waals surface area contributed by atoms with E-state index in [1.165, 1.54) is 0 Å². The van der Waals surface area contributed by atoms with E-state index in [0.29, 0.717) is 24.8 Å². The maximum atomic E-state index is 13.8. The number of carbonyl (C=O) groups is 1. The summed E-state index contributed by atoms with van der Waals surface area (Å²) >= 11 is 0. The van der Waals surface area contributed by atoms with Crippen LogP contribution in [0.2, 0.25) is 0 Å². The van der Waals surface area contributed by atoms with E-state index in [0.717, 1.165) is 72.8 Å². The molecule has 6 heteroatoms. The van der Waals surface area contributed by atoms with Gasteiger partial charge in [0.05, 0.1) is 18.0 Å². The Morgan fingerprint density at radius 3 is 2.65 bits per heavy atom. The molecule has 37 heavy (non-hydrogen) atoms. The van der Waals surface area contributed by atoms with Crippen LogP contribution in [0, 0.1) is 0 Å². The number of fused-ring (bicyclic) bond motifs is 1. The Hall–Kier alpha value is -3.51. The summed E-state index contributed by atoms with van der Waals surface area (Å²) in [7, 11) is 0. The predicted octanol–water partition coefficient (Wildman–Crippen LogP) is 6.40. The summed E-state index contributed by atoms with van der Waals surface area (Å²) < 4.78 is 6.30. The lowest BCUT2D eigenvalue weighted by Crippen LogP contribution is -2.32. The fourth-order valence-corrected chi connectivity index (χ4v) is 4.64. The van der Waals surface area contributed by atoms with Gasteiger partial charge in [0.15, 0.2) is 0 Å². The summed E-state index contributed by atoms with van der Waals surface area (Å²) in [5.41, 5.74) is 5.70. The first-order valence-electron chi connectivity index (χ1n) is 13.6. The van der Waals surface area contributed by atoms with Crippen molar-refractivity contribution in [2.24, 2.45) is 0 Å². The number of ether oxygens (including phenoxy) is 1. The van der Waals surface area contributed by atoms with Crippen molar-refractivity contribution in [2.45, 2.75) is 46.1 Å². The fraction of sp³-hybridized carbons (Fsp3) is 0.387. The van der Waals surface area contributed by atoms with Gasteiger partial charge in [-0.2, -0.15) is 0 Å². The van der Waals surface area contributed by atoms with Gasteiger partial charge in [-0.15, -0.1) is 0 Å². The van der Waals surface area contributed by atoms with E-state index in [1.54, 1.807) is 0 Å². The quantitative estimate of drug-likeness (QED) is 0.266. The molecule has 0 bridgehead atoms. The minimum Gasteiger partial charge on any atom is -0.493 e. The second kappa shape index (κ2) is 13.2. The topological polar surface area (TPSA) is 65.6 Å². The molecule has 6 nitrogen and oxygen atoms in total. The van der Waals surface area contributed by atoms with Crippen molar-refractivity contribution in [2.75, 3.05) is 48.3 Å². The number of hydrogen-bond donors (Lipinski definition) is 3. The molecule has 0 spiro atoms. The minimum atomic E-state index is -0.00754. The molecule has 3 aromatic carbocycles. The van der Waals surface area contributed by atoms with Crippen LogP contribution in [0.25, 0.3) is 11.1 Å². The lowest BCUT2D eigenvalue weighted by molar-refractivity contribution is 0.0986. The Morgan fingerprint density at radius 1 is 1.05 bits per heavy atom. The molecular formula is C31H40N4O2. The van der Waals surface area contributed by atoms with Gasteiger partial charge < -0.3 is 25.6 Å². The highest BCUT2D eigenvalue weighted by Crippen LogP contribution is 2.35. The van der Waals surface area contributed by atoms with Crippen molar-refractivity contribution in [3.05, 3.63) is 72.3 Å². The van der Waals surface area contributed by atoms with Crippen LogP contribution in [0.5, 0.6) is 5.75 Å². The van der Waals surface area contributed by atoms with Gasteiger partial charge in [0.2, 0.25) is 0 Å². The van der Waals surface area contributed by atoms with Crippen LogP contribution in [-0.2, 0) is 0 Å². The molecule has 0 saturated carbocycles. The van der Waals surface area contributed by atoms with Crippen LogP contribution in [0.4, 0.5) is 17.1 Å². The number of hydrogen-bond acceptors (Lipinski definition) is 5. The van der Waals surface area contributed by atoms with Gasteiger partial charge >= 0.3 is 0 Å². The Bertz CT molecular complexity index is 1160. The van der Waals surface area contributed by atoms with Gasteiger partial charge in [-0.05, 0) is 94.2 Å². The summed E-state index contributed by atoms with van der Waals surface area (Å²) in [6.07, 6.45) is 2.90. The molecule has 0 radical (unpaired) electrons. The molecule has 0 fully saturated rings. The Morgan fingerprint density at radius 2 is 1.86 bits per heavy atom. The molecule has 196 valence electrons. The van der Waals surface area contributed by atoms with Gasteiger partial charge in [0.25, 0.3) is 5.91 Å². The number of anilines is 3. The second-order valence-corrected chi connectivity index (χ2v) is 9.58. The third-order valence-corrected chi connectivity index (χ3v) is 6.62. The molecule has 0 aliphatic carbocycles. The fourth-order valence-electron chi connectivity index (χ4n) is 4.64. The highest BCUT2D eigenvalue weighted by atomic mass is 16.5. The number of para-hydroxylation sites is 2. The molecule has 1 aliphatic rings. The monoisotopic (exact) mass is 500 g/mol. The van der Waals surface area contributed by atoms with Crippen LogP contribution in [0.1, 0.15) is 50.4 Å². The third-order valence-electron chi connectivity index (χ3n) is 6.62. The molecule has 3 N–H and O–H groups in total. The molecular weight excluding hydrogens is 460 g/mol. The first-order valence-corrected chi connectivity index (χ1v) is 13.6. The molecule has 1 heterocycles. The maximum absolute atomic E-state index is 13.8. The van der Waals surface area contributed by atoms with Crippen LogP contribution < -0.4 is 25.6 Å². The van der Waals surface area contributed by atoms with E-state index in [2.05, 4.69) is 61.0 Å². The number of nitrogens with zero attached hydrogens (tertiary/aromatic N) is 1. The Labute approximate surface area is 221 Å². The maximum Gasteiger partial charge on any atom is 0.258 e. The van der Waals surface area contributed by atoms with Gasteiger partial charge in [0.1, 0.15) is 5.75 Å². The van der Waals surface area contributed by atoms with Crippen LogP contribution in [0.15, 0.2) is 66.7 Å². The zero-order valence-electron chi connectivity index (χ0n) is 22.3.